The van der Waals surface area contributed by atoms with Crippen molar-refractivity contribution in [3.63, 3.8) is 0 Å². The van der Waals surface area contributed by atoms with Gasteiger partial charge in [-0.1, -0.05) is 18.2 Å². The van der Waals surface area contributed by atoms with Crippen LogP contribution in [0, 0.1) is 12.7 Å². The zero-order valence-corrected chi connectivity index (χ0v) is 15.7. The molecule has 152 valence electrons. The van der Waals surface area contributed by atoms with E-state index in [-0.39, 0.29) is 24.2 Å². The Hall–Kier alpha value is -3.16. The number of nitrogens with one attached hydrogen (secondary N) is 1. The van der Waals surface area contributed by atoms with Crippen molar-refractivity contribution in [3.8, 4) is 0 Å². The van der Waals surface area contributed by atoms with Gasteiger partial charge in [-0.15, -0.1) is 0 Å². The molecule has 0 aliphatic carbocycles. The summed E-state index contributed by atoms with van der Waals surface area (Å²) in [6, 6.07) is 8.65. The number of carbonyl (C=O) groups is 1. The monoisotopic (exact) mass is 406 g/mol. The standard InChI is InChI=1S/C21H18F4N2O2/c1-3-27-17-10-14(21(23,24)25)6-9-16(17)12(2)18(20(27)29)19(28)26-11-13-4-7-15(22)8-5-13/h4-10H,3,11H2,1-2H3,(H,26,28). The van der Waals surface area contributed by atoms with Gasteiger partial charge in [0.25, 0.3) is 11.5 Å². The molecular weight excluding hydrogens is 388 g/mol. The summed E-state index contributed by atoms with van der Waals surface area (Å²) in [5, 5.41) is 3.01. The first-order valence-electron chi connectivity index (χ1n) is 8.90. The van der Waals surface area contributed by atoms with E-state index in [0.29, 0.717) is 16.5 Å². The molecule has 0 aliphatic rings. The van der Waals surface area contributed by atoms with Crippen LogP contribution in [0.2, 0.25) is 0 Å². The number of halogens is 4. The van der Waals surface area contributed by atoms with E-state index in [2.05, 4.69) is 5.32 Å². The fourth-order valence-corrected chi connectivity index (χ4v) is 3.24. The first-order valence-corrected chi connectivity index (χ1v) is 8.90. The Balaban J connectivity index is 2.04. The number of alkyl halides is 3. The highest BCUT2D eigenvalue weighted by atomic mass is 19.4. The fraction of sp³-hybridized carbons (Fsp3) is 0.238. The van der Waals surface area contributed by atoms with Crippen LogP contribution in [0.25, 0.3) is 10.9 Å². The number of aromatic nitrogens is 1. The number of pyridine rings is 1. The van der Waals surface area contributed by atoms with E-state index < -0.39 is 29.0 Å². The van der Waals surface area contributed by atoms with E-state index >= 15 is 0 Å². The third-order valence-electron chi connectivity index (χ3n) is 4.76. The number of carbonyl (C=O) groups excluding carboxylic acids is 1. The van der Waals surface area contributed by atoms with E-state index in [1.165, 1.54) is 37.3 Å². The van der Waals surface area contributed by atoms with Gasteiger partial charge in [0.05, 0.1) is 11.1 Å². The maximum absolute atomic E-state index is 13.1. The molecule has 3 aromatic rings. The molecule has 1 N–H and O–H groups in total. The Kier molecular flexibility index (Phi) is 5.46. The van der Waals surface area contributed by atoms with Crippen LogP contribution in [0.1, 0.15) is 34.0 Å². The van der Waals surface area contributed by atoms with E-state index in [9.17, 15) is 27.2 Å². The minimum atomic E-state index is -4.54. The van der Waals surface area contributed by atoms with Crippen molar-refractivity contribution in [2.75, 3.05) is 0 Å². The molecule has 0 saturated heterocycles. The van der Waals surface area contributed by atoms with E-state index in [4.69, 9.17) is 0 Å². The Morgan fingerprint density at radius 2 is 1.76 bits per heavy atom. The Morgan fingerprint density at radius 1 is 1.10 bits per heavy atom. The van der Waals surface area contributed by atoms with E-state index in [1.54, 1.807) is 6.92 Å². The molecular formula is C21H18F4N2O2. The van der Waals surface area contributed by atoms with Gasteiger partial charge in [-0.05, 0) is 49.2 Å². The zero-order valence-electron chi connectivity index (χ0n) is 15.7. The van der Waals surface area contributed by atoms with Crippen LogP contribution in [0.4, 0.5) is 17.6 Å². The van der Waals surface area contributed by atoms with Crippen molar-refractivity contribution in [2.45, 2.75) is 33.1 Å². The molecule has 0 bridgehead atoms. The number of aryl methyl sites for hydroxylation is 2. The molecule has 1 aromatic heterocycles. The molecule has 0 spiro atoms. The molecule has 4 nitrogen and oxygen atoms in total. The lowest BCUT2D eigenvalue weighted by Gasteiger charge is -2.16. The number of fused-ring (bicyclic) bond motifs is 1. The van der Waals surface area contributed by atoms with E-state index in [0.717, 1.165) is 16.7 Å². The van der Waals surface area contributed by atoms with Gasteiger partial charge in [-0.25, -0.2) is 4.39 Å². The van der Waals surface area contributed by atoms with Crippen molar-refractivity contribution in [1.82, 2.24) is 9.88 Å². The lowest BCUT2D eigenvalue weighted by molar-refractivity contribution is -0.137. The minimum Gasteiger partial charge on any atom is -0.348 e. The summed E-state index contributed by atoms with van der Waals surface area (Å²) in [6.07, 6.45) is -4.54. The van der Waals surface area contributed by atoms with Crippen LogP contribution in [0.3, 0.4) is 0 Å². The molecule has 0 radical (unpaired) electrons. The molecule has 0 unspecified atom stereocenters. The Bertz CT molecular complexity index is 1130. The fourth-order valence-electron chi connectivity index (χ4n) is 3.24. The first-order chi connectivity index (χ1) is 13.6. The average molecular weight is 406 g/mol. The maximum atomic E-state index is 13.1. The molecule has 29 heavy (non-hydrogen) atoms. The molecule has 8 heteroatoms. The second-order valence-corrected chi connectivity index (χ2v) is 6.59. The zero-order chi connectivity index (χ0) is 21.3. The number of benzene rings is 2. The first kappa shape index (κ1) is 20.6. The highest BCUT2D eigenvalue weighted by molar-refractivity contribution is 6.00. The van der Waals surface area contributed by atoms with E-state index in [1.807, 2.05) is 0 Å². The predicted molar refractivity (Wildman–Crippen MR) is 101 cm³/mol. The van der Waals surface area contributed by atoms with Crippen molar-refractivity contribution < 1.29 is 22.4 Å². The summed E-state index contributed by atoms with van der Waals surface area (Å²) < 4.78 is 53.4. The second kappa shape index (κ2) is 7.69. The van der Waals surface area contributed by atoms with Gasteiger partial charge in [0.15, 0.2) is 0 Å². The molecule has 1 amide bonds. The summed E-state index contributed by atoms with van der Waals surface area (Å²) in [6.45, 7) is 3.34. The highest BCUT2D eigenvalue weighted by Crippen LogP contribution is 2.32. The highest BCUT2D eigenvalue weighted by Gasteiger charge is 2.31. The number of hydrogen-bond acceptors (Lipinski definition) is 2. The van der Waals surface area contributed by atoms with Crippen LogP contribution < -0.4 is 10.9 Å². The number of rotatable bonds is 4. The van der Waals surface area contributed by atoms with Crippen LogP contribution in [-0.2, 0) is 19.3 Å². The van der Waals surface area contributed by atoms with Crippen molar-refractivity contribution >= 4 is 16.8 Å². The molecule has 1 heterocycles. The molecule has 2 aromatic carbocycles. The lowest BCUT2D eigenvalue weighted by atomic mass is 10.0. The molecule has 0 aliphatic heterocycles. The summed E-state index contributed by atoms with van der Waals surface area (Å²) in [5.41, 5.74) is -0.571. The van der Waals surface area contributed by atoms with Crippen LogP contribution >= 0.6 is 0 Å². The Morgan fingerprint density at radius 3 is 2.34 bits per heavy atom. The molecule has 0 fully saturated rings. The van der Waals surface area contributed by atoms with Crippen LogP contribution in [-0.4, -0.2) is 10.5 Å². The number of hydrogen-bond donors (Lipinski definition) is 1. The van der Waals surface area contributed by atoms with Crippen molar-refractivity contribution in [3.05, 3.63) is 80.9 Å². The van der Waals surface area contributed by atoms with Crippen molar-refractivity contribution in [2.24, 2.45) is 0 Å². The quantitative estimate of drug-likeness (QED) is 0.653. The average Bonchev–Trinajstić information content (AvgIpc) is 2.67. The van der Waals surface area contributed by atoms with Gasteiger partial charge in [0, 0.05) is 18.5 Å². The molecule has 0 atom stereocenters. The lowest BCUT2D eigenvalue weighted by Crippen LogP contribution is -2.34. The SMILES string of the molecule is CCn1c(=O)c(C(=O)NCc2ccc(F)cc2)c(C)c2ccc(C(F)(F)F)cc21. The second-order valence-electron chi connectivity index (χ2n) is 6.59. The topological polar surface area (TPSA) is 51.1 Å². The normalized spacial score (nSPS) is 11.7. The number of nitrogens with zero attached hydrogens (tertiary/aromatic N) is 1. The van der Waals surface area contributed by atoms with Gasteiger partial charge in [-0.2, -0.15) is 13.2 Å². The van der Waals surface area contributed by atoms with Crippen LogP contribution in [0.15, 0.2) is 47.3 Å². The largest absolute Gasteiger partial charge is 0.416 e. The smallest absolute Gasteiger partial charge is 0.348 e. The van der Waals surface area contributed by atoms with Gasteiger partial charge in [0.1, 0.15) is 11.4 Å². The van der Waals surface area contributed by atoms with Crippen molar-refractivity contribution in [1.29, 1.82) is 0 Å². The summed E-state index contributed by atoms with van der Waals surface area (Å²) >= 11 is 0. The van der Waals surface area contributed by atoms with Gasteiger partial charge in [0.2, 0.25) is 0 Å². The third kappa shape index (κ3) is 4.01. The Labute approximate surface area is 163 Å². The van der Waals surface area contributed by atoms with Gasteiger partial charge >= 0.3 is 6.18 Å². The van der Waals surface area contributed by atoms with Gasteiger partial charge < -0.3 is 9.88 Å². The summed E-state index contributed by atoms with van der Waals surface area (Å²) in [5.74, 6) is -1.05. The predicted octanol–water partition coefficient (Wildman–Crippen LogP) is 4.42. The van der Waals surface area contributed by atoms with Gasteiger partial charge in [-0.3, -0.25) is 9.59 Å². The summed E-state index contributed by atoms with van der Waals surface area (Å²) in [7, 11) is 0. The molecule has 3 rings (SSSR count). The maximum Gasteiger partial charge on any atom is 0.416 e. The number of amides is 1. The summed E-state index contributed by atoms with van der Waals surface area (Å²) in [4.78, 5) is 25.6. The third-order valence-corrected chi connectivity index (χ3v) is 4.76. The molecule has 0 saturated carbocycles. The van der Waals surface area contributed by atoms with Crippen LogP contribution in [0.5, 0.6) is 0 Å². The minimum absolute atomic E-state index is 0.0785.